The molecule has 5 nitrogen and oxygen atoms in total. The van der Waals surface area contributed by atoms with Gasteiger partial charge in [0, 0.05) is 13.0 Å². The fourth-order valence-corrected chi connectivity index (χ4v) is 2.67. The quantitative estimate of drug-likeness (QED) is 0.516. The van der Waals surface area contributed by atoms with E-state index in [4.69, 9.17) is 14.6 Å². The van der Waals surface area contributed by atoms with Crippen molar-refractivity contribution in [2.24, 2.45) is 0 Å². The topological polar surface area (TPSA) is 59.0 Å². The molecule has 1 aliphatic heterocycles. The van der Waals surface area contributed by atoms with Crippen molar-refractivity contribution in [1.82, 2.24) is 4.90 Å². The Morgan fingerprint density at radius 1 is 1.39 bits per heavy atom. The second kappa shape index (κ2) is 10.6. The predicted octanol–water partition coefficient (Wildman–Crippen LogP) is 3.46. The summed E-state index contributed by atoms with van der Waals surface area (Å²) in [6, 6.07) is 6.80. The summed E-state index contributed by atoms with van der Waals surface area (Å²) in [7, 11) is 0. The van der Waals surface area contributed by atoms with E-state index in [0.717, 1.165) is 5.56 Å². The van der Waals surface area contributed by atoms with Gasteiger partial charge in [0.05, 0.1) is 18.7 Å². The molecule has 152 valence electrons. The molecule has 1 aromatic carbocycles. The van der Waals surface area contributed by atoms with E-state index in [1.807, 2.05) is 0 Å². The zero-order chi connectivity index (χ0) is 20.5. The number of carbonyl (C=O) groups is 1. The zero-order valence-corrected chi connectivity index (χ0v) is 15.8. The lowest BCUT2D eigenvalue weighted by molar-refractivity contribution is -0.132. The van der Waals surface area contributed by atoms with Crippen molar-refractivity contribution in [3.63, 3.8) is 0 Å². The van der Waals surface area contributed by atoms with E-state index in [9.17, 15) is 13.6 Å². The number of alkyl halides is 2. The molecule has 1 amide bonds. The molecule has 0 radical (unpaired) electrons. The lowest BCUT2D eigenvalue weighted by atomic mass is 10.2. The first kappa shape index (κ1) is 21.6. The molecule has 0 saturated carbocycles. The number of ether oxygens (including phenoxy) is 2. The minimum Gasteiger partial charge on any atom is -0.488 e. The molecule has 1 fully saturated rings. The molecule has 1 N–H and O–H groups in total. The van der Waals surface area contributed by atoms with E-state index in [0.29, 0.717) is 25.3 Å². The normalized spacial score (nSPS) is 17.4. The van der Waals surface area contributed by atoms with Crippen LogP contribution < -0.4 is 4.74 Å². The lowest BCUT2D eigenvalue weighted by Gasteiger charge is -2.19. The fourth-order valence-electron chi connectivity index (χ4n) is 2.67. The second-order valence-corrected chi connectivity index (χ2v) is 6.34. The summed E-state index contributed by atoms with van der Waals surface area (Å²) >= 11 is 0. The molecule has 0 aromatic heterocycles. The fraction of sp³-hybridized carbons (Fsp3) is 0.381. The average molecular weight is 393 g/mol. The summed E-state index contributed by atoms with van der Waals surface area (Å²) in [5.41, 5.74) is 0.378. The maximum atomic E-state index is 13.0. The van der Waals surface area contributed by atoms with Crippen LogP contribution in [-0.4, -0.2) is 48.1 Å². The molecular weight excluding hydrogens is 368 g/mol. The van der Waals surface area contributed by atoms with Gasteiger partial charge >= 0.3 is 0 Å². The van der Waals surface area contributed by atoms with Gasteiger partial charge in [-0.3, -0.25) is 4.79 Å². The minimum absolute atomic E-state index is 0.0348. The SMILES string of the molecule is C=C(/C(=C\C=C/C)OC1CCN(C(=O)COc2ccc(CO)cc2)C1)C(F)F. The van der Waals surface area contributed by atoms with Gasteiger partial charge in [-0.05, 0) is 30.7 Å². The van der Waals surface area contributed by atoms with E-state index in [1.165, 1.54) is 6.08 Å². The largest absolute Gasteiger partial charge is 0.488 e. The first-order valence-electron chi connectivity index (χ1n) is 9.02. The highest BCUT2D eigenvalue weighted by atomic mass is 19.3. The summed E-state index contributed by atoms with van der Waals surface area (Å²) in [6.45, 7) is 5.74. The molecular formula is C21H25F2NO4. The van der Waals surface area contributed by atoms with Crippen LogP contribution in [0.1, 0.15) is 18.9 Å². The number of hydrogen-bond donors (Lipinski definition) is 1. The van der Waals surface area contributed by atoms with Crippen LogP contribution in [0.3, 0.4) is 0 Å². The van der Waals surface area contributed by atoms with Crippen molar-refractivity contribution in [3.8, 4) is 5.75 Å². The Balaban J connectivity index is 1.87. The zero-order valence-electron chi connectivity index (χ0n) is 15.8. The van der Waals surface area contributed by atoms with Crippen LogP contribution in [0, 0.1) is 0 Å². The third-order valence-corrected chi connectivity index (χ3v) is 4.28. The van der Waals surface area contributed by atoms with Crippen molar-refractivity contribution in [2.75, 3.05) is 19.7 Å². The molecule has 1 heterocycles. The lowest BCUT2D eigenvalue weighted by Crippen LogP contribution is -2.34. The maximum absolute atomic E-state index is 13.0. The van der Waals surface area contributed by atoms with Gasteiger partial charge in [0.1, 0.15) is 17.6 Å². The summed E-state index contributed by atoms with van der Waals surface area (Å²) < 4.78 is 37.1. The van der Waals surface area contributed by atoms with Gasteiger partial charge in [-0.25, -0.2) is 8.78 Å². The van der Waals surface area contributed by atoms with Gasteiger partial charge in [-0.2, -0.15) is 0 Å². The minimum atomic E-state index is -2.71. The number of aliphatic hydroxyl groups excluding tert-OH is 1. The van der Waals surface area contributed by atoms with E-state index >= 15 is 0 Å². The standard InChI is InChI=1S/C21H25F2NO4/c1-3-4-5-19(15(2)21(22)23)28-18-10-11-24(12-18)20(26)14-27-17-8-6-16(13-25)7-9-17/h3-9,18,21,25H,2,10-14H2,1H3/b4-3-,19-5+. The van der Waals surface area contributed by atoms with Gasteiger partial charge < -0.3 is 19.5 Å². The molecule has 1 saturated heterocycles. The Labute approximate surface area is 163 Å². The molecule has 0 bridgehead atoms. The predicted molar refractivity (Wildman–Crippen MR) is 102 cm³/mol. The van der Waals surface area contributed by atoms with Crippen molar-refractivity contribution in [3.05, 3.63) is 66.0 Å². The smallest absolute Gasteiger partial charge is 0.266 e. The number of carbonyl (C=O) groups excluding carboxylic acids is 1. The average Bonchev–Trinajstić information content (AvgIpc) is 3.17. The van der Waals surface area contributed by atoms with Gasteiger partial charge in [-0.15, -0.1) is 0 Å². The van der Waals surface area contributed by atoms with Crippen molar-refractivity contribution in [2.45, 2.75) is 32.5 Å². The van der Waals surface area contributed by atoms with Crippen molar-refractivity contribution in [1.29, 1.82) is 0 Å². The number of aliphatic hydroxyl groups is 1. The second-order valence-electron chi connectivity index (χ2n) is 6.34. The summed E-state index contributed by atoms with van der Waals surface area (Å²) in [4.78, 5) is 13.9. The first-order valence-corrected chi connectivity index (χ1v) is 9.02. The number of hydrogen-bond acceptors (Lipinski definition) is 4. The Hall–Kier alpha value is -2.67. The Morgan fingerprint density at radius 3 is 2.71 bits per heavy atom. The number of amides is 1. The third-order valence-electron chi connectivity index (χ3n) is 4.28. The van der Waals surface area contributed by atoms with E-state index in [-0.39, 0.29) is 36.6 Å². The highest BCUT2D eigenvalue weighted by Crippen LogP contribution is 2.23. The third kappa shape index (κ3) is 6.20. The number of likely N-dealkylation sites (tertiary alicyclic amines) is 1. The molecule has 0 spiro atoms. The van der Waals surface area contributed by atoms with Crippen molar-refractivity contribution >= 4 is 5.91 Å². The molecule has 1 aliphatic rings. The summed E-state index contributed by atoms with van der Waals surface area (Å²) in [5.74, 6) is 0.360. The molecule has 0 aliphatic carbocycles. The molecule has 7 heteroatoms. The van der Waals surface area contributed by atoms with Crippen LogP contribution in [0.5, 0.6) is 5.75 Å². The van der Waals surface area contributed by atoms with Crippen LogP contribution in [0.4, 0.5) is 8.78 Å². The first-order chi connectivity index (χ1) is 13.4. The number of nitrogens with zero attached hydrogens (tertiary/aromatic N) is 1. The van der Waals surface area contributed by atoms with Crippen LogP contribution >= 0.6 is 0 Å². The van der Waals surface area contributed by atoms with E-state index in [2.05, 4.69) is 6.58 Å². The molecule has 2 rings (SSSR count). The van der Waals surface area contributed by atoms with Crippen molar-refractivity contribution < 1.29 is 28.2 Å². The Bertz CT molecular complexity index is 728. The van der Waals surface area contributed by atoms with E-state index in [1.54, 1.807) is 48.2 Å². The van der Waals surface area contributed by atoms with Crippen LogP contribution in [0.15, 0.2) is 60.4 Å². The Kier molecular flexibility index (Phi) is 8.19. The molecule has 1 unspecified atom stereocenters. The maximum Gasteiger partial charge on any atom is 0.266 e. The Morgan fingerprint density at radius 2 is 2.11 bits per heavy atom. The van der Waals surface area contributed by atoms with E-state index < -0.39 is 6.43 Å². The van der Waals surface area contributed by atoms with Crippen LogP contribution in [0.2, 0.25) is 0 Å². The number of halogens is 2. The number of rotatable bonds is 9. The number of benzene rings is 1. The monoisotopic (exact) mass is 393 g/mol. The van der Waals surface area contributed by atoms with Crippen LogP contribution in [-0.2, 0) is 16.1 Å². The van der Waals surface area contributed by atoms with Gasteiger partial charge in [0.2, 0.25) is 0 Å². The molecule has 1 atom stereocenters. The van der Waals surface area contributed by atoms with Gasteiger partial charge in [0.25, 0.3) is 12.3 Å². The number of allylic oxidation sites excluding steroid dienone is 4. The summed E-state index contributed by atoms with van der Waals surface area (Å²) in [5, 5.41) is 9.02. The van der Waals surface area contributed by atoms with Gasteiger partial charge in [0.15, 0.2) is 6.61 Å². The molecule has 1 aromatic rings. The highest BCUT2D eigenvalue weighted by Gasteiger charge is 2.29. The summed E-state index contributed by atoms with van der Waals surface area (Å²) in [6.07, 6.45) is 2.23. The molecule has 28 heavy (non-hydrogen) atoms. The van der Waals surface area contributed by atoms with Crippen LogP contribution in [0.25, 0.3) is 0 Å². The highest BCUT2D eigenvalue weighted by molar-refractivity contribution is 5.78. The van der Waals surface area contributed by atoms with Gasteiger partial charge in [-0.1, -0.05) is 30.9 Å².